The molecule has 2 heterocycles. The first-order valence-corrected chi connectivity index (χ1v) is 7.34. The second-order valence-corrected chi connectivity index (χ2v) is 7.83. The second-order valence-electron chi connectivity index (χ2n) is 7.83. The molecule has 1 fully saturated rings. The molecular weight excluding hydrogens is 236 g/mol. The van der Waals surface area contributed by atoms with E-state index in [-0.39, 0.29) is 10.8 Å². The molecule has 1 aromatic heterocycles. The minimum atomic E-state index is 0.109. The highest BCUT2D eigenvalue weighted by molar-refractivity contribution is 5.22. The van der Waals surface area contributed by atoms with Crippen LogP contribution in [0.4, 0.5) is 0 Å². The van der Waals surface area contributed by atoms with Crippen molar-refractivity contribution in [1.29, 1.82) is 0 Å². The molecule has 1 aromatic rings. The average Bonchev–Trinajstić information content (AvgIpc) is 2.84. The smallest absolute Gasteiger partial charge is 0.0681 e. The van der Waals surface area contributed by atoms with Crippen molar-refractivity contribution in [2.45, 2.75) is 65.3 Å². The number of hydrogen-bond donors (Lipinski definition) is 0. The predicted octanol–water partition coefficient (Wildman–Crippen LogP) is 3.51. The Bertz CT molecular complexity index is 429. The monoisotopic (exact) mass is 264 g/mol. The van der Waals surface area contributed by atoms with Crippen molar-refractivity contribution >= 4 is 0 Å². The van der Waals surface area contributed by atoms with E-state index in [1.807, 2.05) is 0 Å². The number of ether oxygens (including phenoxy) is 1. The van der Waals surface area contributed by atoms with E-state index in [0.29, 0.717) is 5.92 Å². The van der Waals surface area contributed by atoms with E-state index in [0.717, 1.165) is 26.2 Å². The first-order valence-electron chi connectivity index (χ1n) is 7.34. The Kier molecular flexibility index (Phi) is 3.78. The molecule has 1 aliphatic heterocycles. The largest absolute Gasteiger partial charge is 0.381 e. The fourth-order valence-electron chi connectivity index (χ4n) is 2.50. The molecule has 1 unspecified atom stereocenters. The van der Waals surface area contributed by atoms with E-state index in [1.165, 1.54) is 11.4 Å². The van der Waals surface area contributed by atoms with Crippen LogP contribution in [0.3, 0.4) is 0 Å². The summed E-state index contributed by atoms with van der Waals surface area (Å²) in [6.07, 6.45) is 1.16. The van der Waals surface area contributed by atoms with Crippen LogP contribution in [0.25, 0.3) is 0 Å². The Morgan fingerprint density at radius 1 is 1.21 bits per heavy atom. The highest BCUT2D eigenvalue weighted by Crippen LogP contribution is 2.29. The van der Waals surface area contributed by atoms with E-state index in [9.17, 15) is 0 Å². The van der Waals surface area contributed by atoms with Crippen LogP contribution < -0.4 is 0 Å². The van der Waals surface area contributed by atoms with E-state index < -0.39 is 0 Å². The molecule has 1 atom stereocenters. The molecule has 2 rings (SSSR count). The van der Waals surface area contributed by atoms with Gasteiger partial charge in [-0.05, 0) is 12.5 Å². The maximum atomic E-state index is 5.49. The standard InChI is InChI=1S/C16H28N2O/c1-15(2,3)13-9-14(16(4,5)6)18(17-13)10-12-7-8-19-11-12/h9,12H,7-8,10-11H2,1-6H3. The minimum Gasteiger partial charge on any atom is -0.381 e. The van der Waals surface area contributed by atoms with E-state index >= 15 is 0 Å². The third-order valence-electron chi connectivity index (χ3n) is 3.77. The zero-order chi connectivity index (χ0) is 14.3. The van der Waals surface area contributed by atoms with Gasteiger partial charge in [0.2, 0.25) is 0 Å². The number of aromatic nitrogens is 2. The molecule has 1 saturated heterocycles. The summed E-state index contributed by atoms with van der Waals surface area (Å²) in [6, 6.07) is 2.29. The highest BCUT2D eigenvalue weighted by atomic mass is 16.5. The van der Waals surface area contributed by atoms with Crippen molar-refractivity contribution in [3.63, 3.8) is 0 Å². The third-order valence-corrected chi connectivity index (χ3v) is 3.77. The van der Waals surface area contributed by atoms with Gasteiger partial charge in [0.25, 0.3) is 0 Å². The van der Waals surface area contributed by atoms with Crippen LogP contribution in [-0.4, -0.2) is 23.0 Å². The quantitative estimate of drug-likeness (QED) is 0.817. The van der Waals surface area contributed by atoms with E-state index in [2.05, 4.69) is 52.3 Å². The number of rotatable bonds is 2. The van der Waals surface area contributed by atoms with Gasteiger partial charge >= 0.3 is 0 Å². The van der Waals surface area contributed by atoms with Gasteiger partial charge in [-0.1, -0.05) is 41.5 Å². The van der Waals surface area contributed by atoms with Gasteiger partial charge in [0.05, 0.1) is 12.3 Å². The molecule has 0 aromatic carbocycles. The normalized spacial score (nSPS) is 21.1. The topological polar surface area (TPSA) is 27.1 Å². The van der Waals surface area contributed by atoms with Gasteiger partial charge in [-0.2, -0.15) is 5.10 Å². The first kappa shape index (κ1) is 14.6. The van der Waals surface area contributed by atoms with Crippen LogP contribution in [0.1, 0.15) is 59.4 Å². The summed E-state index contributed by atoms with van der Waals surface area (Å²) in [4.78, 5) is 0. The Labute approximate surface area is 117 Å². The fourth-order valence-corrected chi connectivity index (χ4v) is 2.50. The third kappa shape index (κ3) is 3.38. The van der Waals surface area contributed by atoms with Gasteiger partial charge in [0, 0.05) is 35.6 Å². The molecule has 3 heteroatoms. The van der Waals surface area contributed by atoms with Crippen LogP contribution in [0.5, 0.6) is 0 Å². The van der Waals surface area contributed by atoms with Gasteiger partial charge in [0.15, 0.2) is 0 Å². The van der Waals surface area contributed by atoms with Crippen LogP contribution in [-0.2, 0) is 22.1 Å². The van der Waals surface area contributed by atoms with Crippen LogP contribution in [0.15, 0.2) is 6.07 Å². The van der Waals surface area contributed by atoms with Crippen LogP contribution in [0, 0.1) is 5.92 Å². The lowest BCUT2D eigenvalue weighted by Gasteiger charge is -2.21. The van der Waals surface area contributed by atoms with Gasteiger partial charge in [-0.3, -0.25) is 4.68 Å². The van der Waals surface area contributed by atoms with Crippen molar-refractivity contribution in [3.05, 3.63) is 17.5 Å². The Morgan fingerprint density at radius 2 is 1.89 bits per heavy atom. The van der Waals surface area contributed by atoms with Gasteiger partial charge in [-0.15, -0.1) is 0 Å². The van der Waals surface area contributed by atoms with Crippen LogP contribution in [0.2, 0.25) is 0 Å². The molecule has 0 aliphatic carbocycles. The molecule has 0 N–H and O–H groups in total. The minimum absolute atomic E-state index is 0.109. The number of nitrogens with zero attached hydrogens (tertiary/aromatic N) is 2. The SMILES string of the molecule is CC(C)(C)c1cc(C(C)(C)C)n(CC2CCOC2)n1. The Balaban J connectivity index is 2.31. The summed E-state index contributed by atoms with van der Waals surface area (Å²) < 4.78 is 7.71. The molecule has 0 radical (unpaired) electrons. The lowest BCUT2D eigenvalue weighted by molar-refractivity contribution is 0.181. The predicted molar refractivity (Wildman–Crippen MR) is 78.6 cm³/mol. The summed E-state index contributed by atoms with van der Waals surface area (Å²) in [5.41, 5.74) is 2.77. The van der Waals surface area contributed by atoms with Gasteiger partial charge in [-0.25, -0.2) is 0 Å². The van der Waals surface area contributed by atoms with E-state index in [4.69, 9.17) is 9.84 Å². The fraction of sp³-hybridized carbons (Fsp3) is 0.812. The van der Waals surface area contributed by atoms with Gasteiger partial charge in [0.1, 0.15) is 0 Å². The molecule has 3 nitrogen and oxygen atoms in total. The summed E-state index contributed by atoms with van der Waals surface area (Å²) in [5.74, 6) is 0.619. The second kappa shape index (κ2) is 4.93. The molecule has 0 bridgehead atoms. The Hall–Kier alpha value is -0.830. The van der Waals surface area contributed by atoms with Crippen LogP contribution >= 0.6 is 0 Å². The first-order chi connectivity index (χ1) is 8.68. The molecular formula is C16H28N2O. The lowest BCUT2D eigenvalue weighted by Crippen LogP contribution is -2.22. The van der Waals surface area contributed by atoms with Crippen molar-refractivity contribution in [3.8, 4) is 0 Å². The maximum absolute atomic E-state index is 5.49. The molecule has 0 spiro atoms. The zero-order valence-corrected chi connectivity index (χ0v) is 13.3. The average molecular weight is 264 g/mol. The van der Waals surface area contributed by atoms with Crippen molar-refractivity contribution in [2.24, 2.45) is 5.92 Å². The lowest BCUT2D eigenvalue weighted by atomic mass is 9.88. The van der Waals surface area contributed by atoms with Crippen molar-refractivity contribution in [2.75, 3.05) is 13.2 Å². The Morgan fingerprint density at radius 3 is 2.37 bits per heavy atom. The molecule has 19 heavy (non-hydrogen) atoms. The summed E-state index contributed by atoms with van der Waals surface area (Å²) >= 11 is 0. The zero-order valence-electron chi connectivity index (χ0n) is 13.3. The summed E-state index contributed by atoms with van der Waals surface area (Å²) in [6.45, 7) is 16.2. The summed E-state index contributed by atoms with van der Waals surface area (Å²) in [7, 11) is 0. The molecule has 0 saturated carbocycles. The molecule has 1 aliphatic rings. The maximum Gasteiger partial charge on any atom is 0.0681 e. The van der Waals surface area contributed by atoms with Gasteiger partial charge < -0.3 is 4.74 Å². The molecule has 0 amide bonds. The summed E-state index contributed by atoms with van der Waals surface area (Å²) in [5, 5.41) is 4.87. The van der Waals surface area contributed by atoms with Crippen molar-refractivity contribution < 1.29 is 4.74 Å². The van der Waals surface area contributed by atoms with Crippen molar-refractivity contribution in [1.82, 2.24) is 9.78 Å². The molecule has 108 valence electrons. The number of hydrogen-bond acceptors (Lipinski definition) is 2. The van der Waals surface area contributed by atoms with E-state index in [1.54, 1.807) is 0 Å². The highest BCUT2D eigenvalue weighted by Gasteiger charge is 2.27.